The molecule has 1 heteroatoms. The number of anilines is 1. The number of hydrogen-bond acceptors (Lipinski definition) is 1. The van der Waals surface area contributed by atoms with Gasteiger partial charge in [-0.1, -0.05) is 38.1 Å². The highest BCUT2D eigenvalue weighted by Gasteiger charge is 2.24. The van der Waals surface area contributed by atoms with Gasteiger partial charge in [-0.3, -0.25) is 0 Å². The van der Waals surface area contributed by atoms with E-state index in [-0.39, 0.29) is 5.54 Å². The Balaban J connectivity index is 3.23. The van der Waals surface area contributed by atoms with Crippen LogP contribution in [0.25, 0.3) is 0 Å². The highest BCUT2D eigenvalue weighted by atomic mass is 15.2. The van der Waals surface area contributed by atoms with E-state index in [4.69, 9.17) is 0 Å². The number of rotatable bonds is 5. The quantitative estimate of drug-likeness (QED) is 0.705. The summed E-state index contributed by atoms with van der Waals surface area (Å²) in [6, 6.07) is 8.68. The van der Waals surface area contributed by atoms with E-state index in [2.05, 4.69) is 76.1 Å². The van der Waals surface area contributed by atoms with Crippen LogP contribution in [0.15, 0.2) is 36.5 Å². The second-order valence-corrected chi connectivity index (χ2v) is 5.00. The van der Waals surface area contributed by atoms with Crippen LogP contribution < -0.4 is 4.90 Å². The average Bonchev–Trinajstić information content (AvgIpc) is 2.35. The Bertz CT molecular complexity index is 377. The van der Waals surface area contributed by atoms with Gasteiger partial charge in [0.2, 0.25) is 0 Å². The lowest BCUT2D eigenvalue weighted by Crippen LogP contribution is -2.40. The third-order valence-electron chi connectivity index (χ3n) is 3.45. The van der Waals surface area contributed by atoms with Crippen molar-refractivity contribution >= 4 is 5.69 Å². The molecule has 0 saturated heterocycles. The van der Waals surface area contributed by atoms with Crippen molar-refractivity contribution in [1.29, 1.82) is 0 Å². The molecule has 0 N–H and O–H groups in total. The van der Waals surface area contributed by atoms with E-state index in [1.54, 1.807) is 0 Å². The Morgan fingerprint density at radius 2 is 1.82 bits per heavy atom. The summed E-state index contributed by atoms with van der Waals surface area (Å²) >= 11 is 0. The van der Waals surface area contributed by atoms with Crippen LogP contribution >= 0.6 is 0 Å². The lowest BCUT2D eigenvalue weighted by molar-refractivity contribution is 0.483. The lowest BCUT2D eigenvalue weighted by atomic mass is 9.97. The van der Waals surface area contributed by atoms with E-state index in [0.717, 1.165) is 12.8 Å². The number of nitrogens with zero attached hydrogens (tertiary/aromatic N) is 1. The van der Waals surface area contributed by atoms with E-state index in [9.17, 15) is 0 Å². The summed E-state index contributed by atoms with van der Waals surface area (Å²) in [6.45, 7) is 11.1. The van der Waals surface area contributed by atoms with Crippen LogP contribution in [0.4, 0.5) is 5.69 Å². The molecule has 0 atom stereocenters. The molecule has 0 heterocycles. The normalized spacial score (nSPS) is 12.1. The lowest BCUT2D eigenvalue weighted by Gasteiger charge is -2.38. The summed E-state index contributed by atoms with van der Waals surface area (Å²) in [5.41, 5.74) is 2.89. The standard InChI is InChI=1S/C16H25N/c1-6-13-17(16(4,5)8-3)15-12-10-9-11-14(15)7-2/h6,9-13H,7-8H2,1-5H3/b13-6-. The molecule has 0 spiro atoms. The molecule has 94 valence electrons. The maximum Gasteiger partial charge on any atom is 0.0443 e. The number of allylic oxidation sites excluding steroid dienone is 1. The van der Waals surface area contributed by atoms with Gasteiger partial charge in [0.05, 0.1) is 0 Å². The van der Waals surface area contributed by atoms with Crippen molar-refractivity contribution in [3.05, 3.63) is 42.1 Å². The third kappa shape index (κ3) is 3.12. The molecule has 1 aromatic carbocycles. The van der Waals surface area contributed by atoms with Crippen LogP contribution in [0, 0.1) is 0 Å². The summed E-state index contributed by atoms with van der Waals surface area (Å²) < 4.78 is 0. The van der Waals surface area contributed by atoms with Crippen LogP contribution in [0.1, 0.15) is 46.6 Å². The second kappa shape index (κ2) is 5.90. The van der Waals surface area contributed by atoms with E-state index in [1.807, 2.05) is 0 Å². The molecule has 0 aromatic heterocycles. The molecule has 0 fully saturated rings. The molecule has 0 unspecified atom stereocenters. The fourth-order valence-corrected chi connectivity index (χ4v) is 1.97. The van der Waals surface area contributed by atoms with Crippen LogP contribution in [0.2, 0.25) is 0 Å². The number of benzene rings is 1. The molecule has 0 bridgehead atoms. The molecular formula is C16H25N. The zero-order valence-corrected chi connectivity index (χ0v) is 11.8. The Labute approximate surface area is 106 Å². The van der Waals surface area contributed by atoms with Gasteiger partial charge in [0, 0.05) is 17.4 Å². The van der Waals surface area contributed by atoms with Gasteiger partial charge < -0.3 is 4.90 Å². The minimum absolute atomic E-state index is 0.151. The van der Waals surface area contributed by atoms with Crippen molar-refractivity contribution in [2.45, 2.75) is 53.0 Å². The molecule has 17 heavy (non-hydrogen) atoms. The molecule has 0 saturated carbocycles. The monoisotopic (exact) mass is 231 g/mol. The van der Waals surface area contributed by atoms with Gasteiger partial charge >= 0.3 is 0 Å². The third-order valence-corrected chi connectivity index (χ3v) is 3.45. The van der Waals surface area contributed by atoms with Gasteiger partial charge in [-0.15, -0.1) is 0 Å². The van der Waals surface area contributed by atoms with Crippen molar-refractivity contribution in [2.24, 2.45) is 0 Å². The predicted octanol–water partition coefficient (Wildman–Crippen LogP) is 4.78. The SMILES string of the molecule is C/C=C\N(c1ccccc1CC)C(C)(C)CC. The Morgan fingerprint density at radius 1 is 1.18 bits per heavy atom. The fraction of sp³-hybridized carbons (Fsp3) is 0.500. The molecule has 0 aliphatic carbocycles. The van der Waals surface area contributed by atoms with Crippen LogP contribution in [0.5, 0.6) is 0 Å². The van der Waals surface area contributed by atoms with Crippen LogP contribution in [-0.2, 0) is 6.42 Å². The molecule has 0 aliphatic rings. The molecule has 0 radical (unpaired) electrons. The summed E-state index contributed by atoms with van der Waals surface area (Å²) in [5.74, 6) is 0. The molecule has 0 amide bonds. The Hall–Kier alpha value is -1.24. The molecular weight excluding hydrogens is 206 g/mol. The maximum atomic E-state index is 2.39. The summed E-state index contributed by atoms with van der Waals surface area (Å²) in [5, 5.41) is 0. The fourth-order valence-electron chi connectivity index (χ4n) is 1.97. The first-order valence-corrected chi connectivity index (χ1v) is 6.56. The van der Waals surface area contributed by atoms with Gasteiger partial charge in [-0.05, 0) is 45.2 Å². The average molecular weight is 231 g/mol. The highest BCUT2D eigenvalue weighted by Crippen LogP contribution is 2.30. The van der Waals surface area contributed by atoms with Gasteiger partial charge in [0.25, 0.3) is 0 Å². The van der Waals surface area contributed by atoms with Crippen LogP contribution in [-0.4, -0.2) is 5.54 Å². The summed E-state index contributed by atoms with van der Waals surface area (Å²) in [4.78, 5) is 2.39. The Kier molecular flexibility index (Phi) is 4.80. The molecule has 1 aromatic rings. The number of hydrogen-bond donors (Lipinski definition) is 0. The number of aryl methyl sites for hydroxylation is 1. The van der Waals surface area contributed by atoms with Gasteiger partial charge in [0.15, 0.2) is 0 Å². The first-order valence-electron chi connectivity index (χ1n) is 6.56. The van der Waals surface area contributed by atoms with Crippen molar-refractivity contribution in [3.8, 4) is 0 Å². The van der Waals surface area contributed by atoms with E-state index in [1.165, 1.54) is 11.3 Å². The van der Waals surface area contributed by atoms with E-state index >= 15 is 0 Å². The van der Waals surface area contributed by atoms with Crippen molar-refractivity contribution in [3.63, 3.8) is 0 Å². The van der Waals surface area contributed by atoms with Crippen molar-refractivity contribution in [2.75, 3.05) is 4.90 Å². The zero-order chi connectivity index (χ0) is 12.9. The van der Waals surface area contributed by atoms with Crippen LogP contribution in [0.3, 0.4) is 0 Å². The topological polar surface area (TPSA) is 3.24 Å². The van der Waals surface area contributed by atoms with E-state index in [0.29, 0.717) is 0 Å². The highest BCUT2D eigenvalue weighted by molar-refractivity contribution is 5.57. The molecule has 1 nitrogen and oxygen atoms in total. The van der Waals surface area contributed by atoms with Gasteiger partial charge in [-0.2, -0.15) is 0 Å². The van der Waals surface area contributed by atoms with Gasteiger partial charge in [0.1, 0.15) is 0 Å². The smallest absolute Gasteiger partial charge is 0.0443 e. The minimum Gasteiger partial charge on any atom is -0.343 e. The minimum atomic E-state index is 0.151. The zero-order valence-electron chi connectivity index (χ0n) is 11.8. The Morgan fingerprint density at radius 3 is 2.35 bits per heavy atom. The van der Waals surface area contributed by atoms with E-state index < -0.39 is 0 Å². The summed E-state index contributed by atoms with van der Waals surface area (Å²) in [6.07, 6.45) is 6.50. The largest absolute Gasteiger partial charge is 0.343 e. The maximum absolute atomic E-state index is 2.39. The van der Waals surface area contributed by atoms with Crippen molar-refractivity contribution < 1.29 is 0 Å². The summed E-state index contributed by atoms with van der Waals surface area (Å²) in [7, 11) is 0. The first kappa shape index (κ1) is 13.8. The first-order chi connectivity index (χ1) is 8.06. The molecule has 0 aliphatic heterocycles. The predicted molar refractivity (Wildman–Crippen MR) is 77.5 cm³/mol. The second-order valence-electron chi connectivity index (χ2n) is 5.00. The number of para-hydroxylation sites is 1. The van der Waals surface area contributed by atoms with Gasteiger partial charge in [-0.25, -0.2) is 0 Å². The van der Waals surface area contributed by atoms with Crippen molar-refractivity contribution in [1.82, 2.24) is 0 Å². The molecule has 1 rings (SSSR count).